The number of aryl methyl sites for hydroxylation is 8. The molecule has 140 heavy (non-hydrogen) atoms. The van der Waals surface area contributed by atoms with Crippen molar-refractivity contribution in [3.63, 3.8) is 0 Å². The van der Waals surface area contributed by atoms with Crippen LogP contribution in [0.3, 0.4) is 0 Å². The van der Waals surface area contributed by atoms with E-state index in [-0.39, 0.29) is 0 Å². The molecule has 0 fully saturated rings. The molecule has 0 aliphatic heterocycles. The Labute approximate surface area is 843 Å². The van der Waals surface area contributed by atoms with E-state index in [1.165, 1.54) is 130 Å². The summed E-state index contributed by atoms with van der Waals surface area (Å²) in [4.78, 5) is 26.9. The summed E-state index contributed by atoms with van der Waals surface area (Å²) in [6, 6.07) is 109. The lowest BCUT2D eigenvalue weighted by Gasteiger charge is -2.05. The van der Waals surface area contributed by atoms with Gasteiger partial charge < -0.3 is 0 Å². The fourth-order valence-electron chi connectivity index (χ4n) is 14.2. The number of hydrogen-bond donors (Lipinski definition) is 0. The number of benzene rings is 14. The van der Waals surface area contributed by atoms with Crippen molar-refractivity contribution in [3.05, 3.63) is 397 Å². The van der Waals surface area contributed by atoms with E-state index in [9.17, 15) is 0 Å². The van der Waals surface area contributed by atoms with E-state index < -0.39 is 0 Å². The molecule has 14 aromatic carbocycles. The minimum atomic E-state index is 0.957. The standard InChI is InChI=1S/6C14H11N.2C9H8N2.14C2H6/c1-10-5-4-7-11-12-6-2-3-8-14(12)15-9-13(10)11;1-10-11-6-2-3-7-12(11)13-8-4-5-9-14(13)15-10;1-10-6-7-12-11(8-10)9-15-14-5-3-2-4-13(12)14;1-10-6-7-11-9-15-14-5-3-2-4-12(14)13(11)8-10;1-10-6-7-14-13(8-10)12-5-3-2-4-11(12)9-15-14;1-10-6-7-13-12-5-3-2-4-11(12)9-15-14(13)8-10;1-7-2-3-8-4-5-10-11-9(8)6-7;1-7-6-8-4-2-3-5-9(8)11-10-7;14*1-2/h6*2-9H,1H3;2*2-6H,1H3;14*1-2H3. The van der Waals surface area contributed by atoms with Gasteiger partial charge in [-0.05, 0) is 177 Å². The van der Waals surface area contributed by atoms with Crippen molar-refractivity contribution in [2.75, 3.05) is 0 Å². The average molecular weight is 1870 g/mol. The summed E-state index contributed by atoms with van der Waals surface area (Å²) in [6.45, 7) is 72.6. The predicted molar refractivity (Wildman–Crippen MR) is 631 cm³/mol. The molecule has 0 radical (unpaired) electrons. The van der Waals surface area contributed by atoms with Crippen molar-refractivity contribution in [1.82, 2.24) is 50.3 Å². The topological polar surface area (TPSA) is 129 Å². The van der Waals surface area contributed by atoms with Gasteiger partial charge in [-0.3, -0.25) is 29.9 Å². The first-order valence-electron chi connectivity index (χ1n) is 51.6. The van der Waals surface area contributed by atoms with Crippen molar-refractivity contribution in [2.24, 2.45) is 0 Å². The largest absolute Gasteiger partial charge is 0.256 e. The van der Waals surface area contributed by atoms with E-state index in [1.807, 2.05) is 318 Å². The zero-order chi connectivity index (χ0) is 105. The summed E-state index contributed by atoms with van der Waals surface area (Å²) >= 11 is 0. The van der Waals surface area contributed by atoms with Gasteiger partial charge in [-0.15, -0.1) is 0 Å². The maximum absolute atomic E-state index is 4.60. The van der Waals surface area contributed by atoms with Crippen molar-refractivity contribution < 1.29 is 0 Å². The first-order valence-corrected chi connectivity index (χ1v) is 51.6. The van der Waals surface area contributed by atoms with Gasteiger partial charge >= 0.3 is 0 Å². The molecule has 0 atom stereocenters. The van der Waals surface area contributed by atoms with E-state index in [0.29, 0.717) is 0 Å². The van der Waals surface area contributed by atoms with E-state index in [4.69, 9.17) is 0 Å². The second-order valence-electron chi connectivity index (χ2n) is 28.2. The van der Waals surface area contributed by atoms with Crippen LogP contribution >= 0.6 is 0 Å². The van der Waals surface area contributed by atoms with Gasteiger partial charge in [-0.1, -0.05) is 453 Å². The van der Waals surface area contributed by atoms with Crippen LogP contribution in [0.15, 0.2) is 353 Å². The third-order valence-electron chi connectivity index (χ3n) is 19.9. The van der Waals surface area contributed by atoms with Crippen molar-refractivity contribution in [2.45, 2.75) is 249 Å². The van der Waals surface area contributed by atoms with Crippen LogP contribution in [-0.4, -0.2) is 50.3 Å². The highest BCUT2D eigenvalue weighted by Gasteiger charge is 2.08. The summed E-state index contributed by atoms with van der Waals surface area (Å²) in [5.41, 5.74) is 18.0. The van der Waals surface area contributed by atoms with Crippen LogP contribution in [0, 0.1) is 55.4 Å². The second-order valence-corrected chi connectivity index (χ2v) is 28.2. The fraction of sp³-hybridized carbons (Fsp3) is 0.277. The van der Waals surface area contributed by atoms with Crippen LogP contribution < -0.4 is 0 Å². The molecule has 22 aromatic rings. The molecule has 0 amide bonds. The van der Waals surface area contributed by atoms with Crippen LogP contribution in [0.25, 0.3) is 152 Å². The van der Waals surface area contributed by atoms with Gasteiger partial charge in [0.05, 0.1) is 56.0 Å². The Morgan fingerprint density at radius 3 is 0.993 bits per heavy atom. The minimum Gasteiger partial charge on any atom is -0.256 e. The van der Waals surface area contributed by atoms with E-state index >= 15 is 0 Å². The Bertz CT molecular complexity index is 6760. The quantitative estimate of drug-likeness (QED) is 0.135. The monoisotopic (exact) mass is 1870 g/mol. The lowest BCUT2D eigenvalue weighted by Crippen LogP contribution is -1.86. The smallest absolute Gasteiger partial charge is 0.0932 e. The number of fused-ring (bicyclic) bond motifs is 20. The summed E-state index contributed by atoms with van der Waals surface area (Å²) in [6.07, 6.45) is 11.4. The van der Waals surface area contributed by atoms with E-state index in [1.54, 1.807) is 6.20 Å². The Hall–Kier alpha value is -14.2. The molecule has 0 saturated carbocycles. The van der Waals surface area contributed by atoms with Gasteiger partial charge in [0.25, 0.3) is 0 Å². The third kappa shape index (κ3) is 36.6. The summed E-state index contributed by atoms with van der Waals surface area (Å²) < 4.78 is 0. The van der Waals surface area contributed by atoms with Gasteiger partial charge in [0.2, 0.25) is 0 Å². The number of aromatic nitrogens is 10. The highest BCUT2D eigenvalue weighted by molar-refractivity contribution is 6.10. The van der Waals surface area contributed by atoms with Gasteiger partial charge in [0.1, 0.15) is 0 Å². The molecule has 0 N–H and O–H groups in total. The molecule has 0 bridgehead atoms. The summed E-state index contributed by atoms with van der Waals surface area (Å²) in [5.74, 6) is 0. The molecule has 0 aliphatic rings. The van der Waals surface area contributed by atoms with Crippen molar-refractivity contribution in [3.8, 4) is 0 Å². The molecule has 0 aliphatic carbocycles. The van der Waals surface area contributed by atoms with E-state index in [0.717, 1.165) is 66.3 Å². The molecule has 0 saturated heterocycles. The van der Waals surface area contributed by atoms with Crippen molar-refractivity contribution in [1.29, 1.82) is 0 Å². The fourth-order valence-corrected chi connectivity index (χ4v) is 14.2. The number of para-hydroxylation sites is 4. The zero-order valence-electron chi connectivity index (χ0n) is 92.0. The van der Waals surface area contributed by atoms with Gasteiger partial charge in [-0.2, -0.15) is 20.4 Å². The second kappa shape index (κ2) is 73.0. The lowest BCUT2D eigenvalue weighted by atomic mass is 10.0. The first-order chi connectivity index (χ1) is 68.8. The van der Waals surface area contributed by atoms with Crippen LogP contribution in [0.5, 0.6) is 0 Å². The van der Waals surface area contributed by atoms with Crippen LogP contribution in [-0.2, 0) is 0 Å². The normalized spacial score (nSPS) is 9.29. The molecule has 8 aromatic heterocycles. The maximum atomic E-state index is 4.60. The summed E-state index contributed by atoms with van der Waals surface area (Å²) in [5, 5.41) is 40.5. The van der Waals surface area contributed by atoms with E-state index in [2.05, 4.69) is 328 Å². The van der Waals surface area contributed by atoms with Crippen LogP contribution in [0.4, 0.5) is 0 Å². The highest BCUT2D eigenvalue weighted by Crippen LogP contribution is 2.31. The number of pyridine rings is 6. The molecular weight excluding hydrogens is 1700 g/mol. The SMILES string of the molecule is CC.CC.CC.CC.CC.CC.CC.CC.CC.CC.CC.CC.CC.CC.Cc1cc2ccccc2nn1.Cc1ccc2c(c1)ncc1ccccc12.Cc1ccc2c(cnc3ccccc32)c1.Cc1ccc2ccnnc2c1.Cc1ccc2cnc3ccccc3c2c1.Cc1ccc2ncc3ccccc3c2c1.Cc1cccc2c1cnc1ccccc12.Cc1nc2ccccc2c2ccccc12. The Balaban J connectivity index is 0.000000772. The molecule has 0 unspecified atom stereocenters. The van der Waals surface area contributed by atoms with Gasteiger partial charge in [0.15, 0.2) is 0 Å². The van der Waals surface area contributed by atoms with Gasteiger partial charge in [-0.25, -0.2) is 0 Å². The number of rotatable bonds is 0. The third-order valence-corrected chi connectivity index (χ3v) is 19.9. The van der Waals surface area contributed by atoms with Crippen molar-refractivity contribution >= 4 is 152 Å². The number of nitrogens with zero attached hydrogens (tertiary/aromatic N) is 10. The zero-order valence-corrected chi connectivity index (χ0v) is 92.0. The minimum absolute atomic E-state index is 0.957. The van der Waals surface area contributed by atoms with Crippen LogP contribution in [0.2, 0.25) is 0 Å². The van der Waals surface area contributed by atoms with Gasteiger partial charge in [0, 0.05) is 112 Å². The molecule has 736 valence electrons. The summed E-state index contributed by atoms with van der Waals surface area (Å²) in [7, 11) is 0. The molecule has 0 spiro atoms. The van der Waals surface area contributed by atoms with Crippen LogP contribution in [0.1, 0.15) is 239 Å². The molecule has 22 rings (SSSR count). The predicted octanol–water partition coefficient (Wildman–Crippen LogP) is 40.4. The number of hydrogen-bond acceptors (Lipinski definition) is 10. The molecule has 10 nitrogen and oxygen atoms in total. The first kappa shape index (κ1) is 124. The Morgan fingerprint density at radius 1 is 0.157 bits per heavy atom. The Kier molecular flexibility index (Phi) is 64.6. The molecular formula is C130H166N10. The average Bonchev–Trinajstić information content (AvgIpc) is 0.811. The lowest BCUT2D eigenvalue weighted by molar-refractivity contribution is 1.02. The molecule has 10 heteroatoms. The molecule has 8 heterocycles. The Morgan fingerprint density at radius 2 is 0.471 bits per heavy atom. The maximum Gasteiger partial charge on any atom is 0.0932 e. The highest BCUT2D eigenvalue weighted by atomic mass is 15.1.